The summed E-state index contributed by atoms with van der Waals surface area (Å²) in [4.78, 5) is 23.5. The molecule has 120 valence electrons. The quantitative estimate of drug-likeness (QED) is 0.730. The second-order valence-electron chi connectivity index (χ2n) is 4.82. The fourth-order valence-electron chi connectivity index (χ4n) is 1.92. The van der Waals surface area contributed by atoms with E-state index in [1.54, 1.807) is 55.6 Å². The fourth-order valence-corrected chi connectivity index (χ4v) is 1.92. The van der Waals surface area contributed by atoms with Crippen molar-refractivity contribution in [2.24, 2.45) is 0 Å². The third-order valence-corrected chi connectivity index (χ3v) is 3.19. The zero-order valence-electron chi connectivity index (χ0n) is 12.7. The van der Waals surface area contributed by atoms with Crippen LogP contribution < -0.4 is 15.4 Å². The second-order valence-corrected chi connectivity index (χ2v) is 4.82. The van der Waals surface area contributed by atoms with Gasteiger partial charge in [-0.3, -0.25) is 9.59 Å². The van der Waals surface area contributed by atoms with Gasteiger partial charge in [-0.05, 0) is 29.8 Å². The van der Waals surface area contributed by atoms with Crippen molar-refractivity contribution in [3.63, 3.8) is 0 Å². The van der Waals surface area contributed by atoms with E-state index in [1.165, 1.54) is 0 Å². The monoisotopic (exact) mass is 314 g/mol. The SMILES string of the molecule is COc1ccc(NC(=O)C(=O)NC[C@@H](O)c2ccccc2)cc1. The number of amides is 2. The summed E-state index contributed by atoms with van der Waals surface area (Å²) in [5, 5.41) is 14.8. The van der Waals surface area contributed by atoms with Crippen molar-refractivity contribution in [1.29, 1.82) is 0 Å². The van der Waals surface area contributed by atoms with Crippen molar-refractivity contribution < 1.29 is 19.4 Å². The number of nitrogens with one attached hydrogen (secondary N) is 2. The lowest BCUT2D eigenvalue weighted by atomic mass is 10.1. The molecule has 0 aliphatic rings. The topological polar surface area (TPSA) is 87.7 Å². The molecule has 6 heteroatoms. The van der Waals surface area contributed by atoms with E-state index in [0.29, 0.717) is 17.0 Å². The summed E-state index contributed by atoms with van der Waals surface area (Å²) in [5.74, 6) is -0.954. The number of aliphatic hydroxyl groups is 1. The summed E-state index contributed by atoms with van der Waals surface area (Å²) in [6.07, 6.45) is -0.867. The van der Waals surface area contributed by atoms with E-state index in [1.807, 2.05) is 6.07 Å². The molecule has 0 radical (unpaired) electrons. The van der Waals surface area contributed by atoms with Crippen LogP contribution in [0, 0.1) is 0 Å². The Morgan fingerprint density at radius 2 is 1.70 bits per heavy atom. The van der Waals surface area contributed by atoms with Crippen molar-refractivity contribution >= 4 is 17.5 Å². The highest BCUT2D eigenvalue weighted by Crippen LogP contribution is 2.15. The minimum atomic E-state index is -0.867. The van der Waals surface area contributed by atoms with Gasteiger partial charge in [-0.1, -0.05) is 30.3 Å². The molecule has 0 bridgehead atoms. The maximum Gasteiger partial charge on any atom is 0.313 e. The maximum atomic E-state index is 11.8. The Kier molecular flexibility index (Phi) is 5.71. The van der Waals surface area contributed by atoms with Crippen LogP contribution >= 0.6 is 0 Å². The van der Waals surface area contributed by atoms with Gasteiger partial charge in [-0.2, -0.15) is 0 Å². The van der Waals surface area contributed by atoms with Gasteiger partial charge in [0.2, 0.25) is 0 Å². The van der Waals surface area contributed by atoms with E-state index in [0.717, 1.165) is 0 Å². The second kappa shape index (κ2) is 7.95. The van der Waals surface area contributed by atoms with Crippen molar-refractivity contribution in [2.75, 3.05) is 19.0 Å². The van der Waals surface area contributed by atoms with Crippen molar-refractivity contribution in [1.82, 2.24) is 5.32 Å². The van der Waals surface area contributed by atoms with E-state index in [-0.39, 0.29) is 6.54 Å². The average molecular weight is 314 g/mol. The fraction of sp³-hybridized carbons (Fsp3) is 0.176. The molecule has 0 fully saturated rings. The summed E-state index contributed by atoms with van der Waals surface area (Å²) in [7, 11) is 1.54. The first kappa shape index (κ1) is 16.5. The minimum Gasteiger partial charge on any atom is -0.497 e. The molecule has 2 amide bonds. The Labute approximate surface area is 134 Å². The molecule has 0 aliphatic heterocycles. The summed E-state index contributed by atoms with van der Waals surface area (Å²) < 4.78 is 5.01. The molecular formula is C17H18N2O4. The van der Waals surface area contributed by atoms with Crippen LogP contribution in [0.4, 0.5) is 5.69 Å². The van der Waals surface area contributed by atoms with Crippen LogP contribution in [0.5, 0.6) is 5.75 Å². The van der Waals surface area contributed by atoms with Crippen LogP contribution in [0.15, 0.2) is 54.6 Å². The zero-order chi connectivity index (χ0) is 16.7. The third-order valence-electron chi connectivity index (χ3n) is 3.19. The molecular weight excluding hydrogens is 296 g/mol. The highest BCUT2D eigenvalue weighted by molar-refractivity contribution is 6.39. The van der Waals surface area contributed by atoms with Gasteiger partial charge in [0.25, 0.3) is 0 Å². The molecule has 1 atom stereocenters. The Morgan fingerprint density at radius 1 is 1.04 bits per heavy atom. The maximum absolute atomic E-state index is 11.8. The molecule has 2 aromatic carbocycles. The minimum absolute atomic E-state index is 0.0428. The van der Waals surface area contributed by atoms with Crippen LogP contribution in [-0.2, 0) is 9.59 Å². The lowest BCUT2D eigenvalue weighted by Crippen LogP contribution is -2.37. The lowest BCUT2D eigenvalue weighted by Gasteiger charge is -2.12. The molecule has 0 aliphatic carbocycles. The zero-order valence-corrected chi connectivity index (χ0v) is 12.7. The van der Waals surface area contributed by atoms with Gasteiger partial charge >= 0.3 is 11.8 Å². The summed E-state index contributed by atoms with van der Waals surface area (Å²) in [6, 6.07) is 15.5. The van der Waals surface area contributed by atoms with E-state index < -0.39 is 17.9 Å². The molecule has 23 heavy (non-hydrogen) atoms. The first-order valence-corrected chi connectivity index (χ1v) is 7.06. The van der Waals surface area contributed by atoms with E-state index in [4.69, 9.17) is 4.74 Å². The van der Waals surface area contributed by atoms with Gasteiger partial charge < -0.3 is 20.5 Å². The Bertz CT molecular complexity index is 656. The number of methoxy groups -OCH3 is 1. The highest BCUT2D eigenvalue weighted by Gasteiger charge is 2.15. The first-order chi connectivity index (χ1) is 11.1. The van der Waals surface area contributed by atoms with E-state index >= 15 is 0 Å². The van der Waals surface area contributed by atoms with Gasteiger partial charge in [0.1, 0.15) is 5.75 Å². The molecule has 6 nitrogen and oxygen atoms in total. The predicted molar refractivity (Wildman–Crippen MR) is 86.0 cm³/mol. The molecule has 0 heterocycles. The lowest BCUT2D eigenvalue weighted by molar-refractivity contribution is -0.136. The van der Waals surface area contributed by atoms with Gasteiger partial charge in [0.15, 0.2) is 0 Å². The average Bonchev–Trinajstić information content (AvgIpc) is 2.60. The first-order valence-electron chi connectivity index (χ1n) is 7.06. The molecule has 0 saturated heterocycles. The summed E-state index contributed by atoms with van der Waals surface area (Å²) in [6.45, 7) is -0.0428. The predicted octanol–water partition coefficient (Wildman–Crippen LogP) is 1.48. The Hall–Kier alpha value is -2.86. The number of carbonyl (C=O) groups is 2. The summed E-state index contributed by atoms with van der Waals surface area (Å²) >= 11 is 0. The third kappa shape index (κ3) is 4.82. The number of hydrogen-bond acceptors (Lipinski definition) is 4. The molecule has 3 N–H and O–H groups in total. The van der Waals surface area contributed by atoms with E-state index in [9.17, 15) is 14.7 Å². The number of benzene rings is 2. The Morgan fingerprint density at radius 3 is 2.30 bits per heavy atom. The molecule has 2 aromatic rings. The van der Waals surface area contributed by atoms with Crippen LogP contribution in [0.1, 0.15) is 11.7 Å². The highest BCUT2D eigenvalue weighted by atomic mass is 16.5. The van der Waals surface area contributed by atoms with Crippen molar-refractivity contribution in [2.45, 2.75) is 6.10 Å². The normalized spacial score (nSPS) is 11.4. The Balaban J connectivity index is 1.83. The van der Waals surface area contributed by atoms with Crippen LogP contribution in [-0.4, -0.2) is 30.6 Å². The number of carbonyl (C=O) groups excluding carboxylic acids is 2. The van der Waals surface area contributed by atoms with Gasteiger partial charge in [-0.15, -0.1) is 0 Å². The molecule has 2 rings (SSSR count). The standard InChI is InChI=1S/C17H18N2O4/c1-23-14-9-7-13(8-10-14)19-17(22)16(21)18-11-15(20)12-5-3-2-4-6-12/h2-10,15,20H,11H2,1H3,(H,18,21)(H,19,22)/t15-/m1/s1. The molecule has 0 spiro atoms. The van der Waals surface area contributed by atoms with Crippen molar-refractivity contribution in [3.05, 3.63) is 60.2 Å². The largest absolute Gasteiger partial charge is 0.497 e. The smallest absolute Gasteiger partial charge is 0.313 e. The number of ether oxygens (including phenoxy) is 1. The van der Waals surface area contributed by atoms with Crippen LogP contribution in [0.3, 0.4) is 0 Å². The summed E-state index contributed by atoms with van der Waals surface area (Å²) in [5.41, 5.74) is 1.15. The van der Waals surface area contributed by atoms with E-state index in [2.05, 4.69) is 10.6 Å². The number of rotatable bonds is 5. The molecule has 0 unspecified atom stereocenters. The number of anilines is 1. The van der Waals surface area contributed by atoms with Crippen LogP contribution in [0.2, 0.25) is 0 Å². The molecule has 0 saturated carbocycles. The van der Waals surface area contributed by atoms with Crippen molar-refractivity contribution in [3.8, 4) is 5.75 Å². The number of hydrogen-bond donors (Lipinski definition) is 3. The molecule has 0 aromatic heterocycles. The van der Waals surface area contributed by atoms with Gasteiger partial charge in [0.05, 0.1) is 13.2 Å². The van der Waals surface area contributed by atoms with Gasteiger partial charge in [0, 0.05) is 12.2 Å². The van der Waals surface area contributed by atoms with Crippen LogP contribution in [0.25, 0.3) is 0 Å². The number of aliphatic hydroxyl groups excluding tert-OH is 1. The van der Waals surface area contributed by atoms with Gasteiger partial charge in [-0.25, -0.2) is 0 Å².